The average Bonchev–Trinajstić information content (AvgIpc) is 2.96. The second-order valence-corrected chi connectivity index (χ2v) is 13.5. The fourth-order valence-electron chi connectivity index (χ4n) is 5.36. The minimum Gasteiger partial charge on any atom is -0.544 e. The number of aliphatic carboxylic acids is 1. The molecule has 0 bridgehead atoms. The molecule has 2 unspecified atom stereocenters. The van der Waals surface area contributed by atoms with Gasteiger partial charge in [-0.25, -0.2) is 0 Å². The lowest BCUT2D eigenvalue weighted by atomic mass is 10.0. The molecule has 0 aliphatic rings. The zero-order valence-corrected chi connectivity index (χ0v) is 29.3. The summed E-state index contributed by atoms with van der Waals surface area (Å²) >= 11 is 0. The molecule has 0 aliphatic heterocycles. The van der Waals surface area contributed by atoms with Crippen molar-refractivity contribution in [3.05, 3.63) is 0 Å². The Hall–Kier alpha value is -1.67. The highest BCUT2D eigenvalue weighted by Gasteiger charge is 2.25. The van der Waals surface area contributed by atoms with Crippen molar-refractivity contribution in [2.75, 3.05) is 41.0 Å². The minimum absolute atomic E-state index is 0.0464. The predicted molar refractivity (Wildman–Crippen MR) is 176 cm³/mol. The lowest BCUT2D eigenvalue weighted by molar-refractivity contribution is -0.889. The number of hydrogen-bond acceptors (Lipinski definition) is 7. The number of esters is 2. The van der Waals surface area contributed by atoms with Gasteiger partial charge in [-0.1, -0.05) is 129 Å². The van der Waals surface area contributed by atoms with Gasteiger partial charge < -0.3 is 28.6 Å². The highest BCUT2D eigenvalue weighted by Crippen LogP contribution is 2.15. The van der Waals surface area contributed by atoms with Gasteiger partial charge in [0.05, 0.1) is 40.3 Å². The summed E-state index contributed by atoms with van der Waals surface area (Å²) in [4.78, 5) is 36.2. The fraction of sp³-hybridized carbons (Fsp3) is 0.917. The van der Waals surface area contributed by atoms with Crippen LogP contribution in [0.1, 0.15) is 162 Å². The summed E-state index contributed by atoms with van der Waals surface area (Å²) in [6.07, 6.45) is 24.6. The van der Waals surface area contributed by atoms with E-state index >= 15 is 0 Å². The third-order valence-corrected chi connectivity index (χ3v) is 8.24. The van der Waals surface area contributed by atoms with Gasteiger partial charge in [0.1, 0.15) is 12.6 Å². The van der Waals surface area contributed by atoms with E-state index in [1.165, 1.54) is 83.5 Å². The Balaban J connectivity index is 4.22. The fourth-order valence-corrected chi connectivity index (χ4v) is 5.36. The summed E-state index contributed by atoms with van der Waals surface area (Å²) in [6.45, 7) is 4.54. The van der Waals surface area contributed by atoms with E-state index in [-0.39, 0.29) is 42.7 Å². The summed E-state index contributed by atoms with van der Waals surface area (Å²) in [6, 6.07) is -0.716. The van der Waals surface area contributed by atoms with E-state index in [1.807, 2.05) is 0 Å². The first-order valence-corrected chi connectivity index (χ1v) is 18.1. The number of carbonyl (C=O) groups is 3. The first-order chi connectivity index (χ1) is 21.1. The monoisotopic (exact) mass is 628 g/mol. The number of quaternary nitrogens is 1. The maximum Gasteiger partial charge on any atom is 0.306 e. The Morgan fingerprint density at radius 2 is 1.00 bits per heavy atom. The molecule has 44 heavy (non-hydrogen) atoms. The van der Waals surface area contributed by atoms with Gasteiger partial charge in [-0.2, -0.15) is 0 Å². The van der Waals surface area contributed by atoms with E-state index in [2.05, 4.69) is 13.8 Å². The lowest BCUT2D eigenvalue weighted by Crippen LogP contribution is -2.55. The maximum absolute atomic E-state index is 12.5. The zero-order chi connectivity index (χ0) is 32.9. The number of carboxylic acid groups (broad SMARTS) is 1. The van der Waals surface area contributed by atoms with Crippen molar-refractivity contribution in [1.29, 1.82) is 0 Å². The van der Waals surface area contributed by atoms with E-state index in [4.69, 9.17) is 14.2 Å². The van der Waals surface area contributed by atoms with E-state index in [9.17, 15) is 19.5 Å². The molecule has 0 aliphatic carbocycles. The molecule has 0 rings (SSSR count). The van der Waals surface area contributed by atoms with Gasteiger partial charge in [0, 0.05) is 19.3 Å². The summed E-state index contributed by atoms with van der Waals surface area (Å²) in [5.41, 5.74) is 0. The summed E-state index contributed by atoms with van der Waals surface area (Å²) in [5.74, 6) is -1.75. The molecule has 0 spiro atoms. The normalized spacial score (nSPS) is 13.0. The van der Waals surface area contributed by atoms with Crippen LogP contribution in [0, 0.1) is 0 Å². The smallest absolute Gasteiger partial charge is 0.306 e. The molecule has 0 aromatic rings. The van der Waals surface area contributed by atoms with Gasteiger partial charge in [0.15, 0.2) is 6.10 Å². The molecule has 0 fully saturated rings. The number of ether oxygens (including phenoxy) is 3. The molecular formula is C36H69NO7. The number of hydrogen-bond donors (Lipinski definition) is 0. The van der Waals surface area contributed by atoms with E-state index < -0.39 is 18.1 Å². The number of unbranched alkanes of at least 4 members (excludes halogenated alkanes) is 18. The molecule has 8 nitrogen and oxygen atoms in total. The molecule has 8 heteroatoms. The lowest BCUT2D eigenvalue weighted by Gasteiger charge is -2.34. The van der Waals surface area contributed by atoms with Gasteiger partial charge in [-0.3, -0.25) is 9.59 Å². The standard InChI is InChI=1S/C36H69NO7/c1-6-8-10-12-13-14-15-16-17-18-19-20-21-22-23-25-27-35(39)44-32(31-43-34(38)26-24-11-9-7-2)30-42-29-28-33(36(40)41)37(3,4)5/h32-33H,6-31H2,1-5H3. The summed E-state index contributed by atoms with van der Waals surface area (Å²) in [7, 11) is 5.39. The molecule has 0 aromatic heterocycles. The van der Waals surface area contributed by atoms with Crippen molar-refractivity contribution < 1.29 is 38.2 Å². The average molecular weight is 628 g/mol. The Morgan fingerprint density at radius 1 is 0.591 bits per heavy atom. The van der Waals surface area contributed by atoms with Crippen LogP contribution >= 0.6 is 0 Å². The zero-order valence-electron chi connectivity index (χ0n) is 29.3. The molecule has 260 valence electrons. The summed E-state index contributed by atoms with van der Waals surface area (Å²) < 4.78 is 16.9. The predicted octanol–water partition coefficient (Wildman–Crippen LogP) is 7.29. The molecule has 0 aromatic carbocycles. The minimum atomic E-state index is -1.13. The molecule has 0 N–H and O–H groups in total. The van der Waals surface area contributed by atoms with Crippen molar-refractivity contribution in [1.82, 2.24) is 0 Å². The number of nitrogens with zero attached hydrogens (tertiary/aromatic N) is 1. The van der Waals surface area contributed by atoms with E-state index in [1.54, 1.807) is 21.1 Å². The van der Waals surface area contributed by atoms with Gasteiger partial charge >= 0.3 is 11.9 Å². The van der Waals surface area contributed by atoms with Crippen LogP contribution in [0.4, 0.5) is 0 Å². The molecule has 0 saturated heterocycles. The molecule has 0 amide bonds. The molecule has 0 radical (unpaired) electrons. The van der Waals surface area contributed by atoms with E-state index in [0.29, 0.717) is 12.8 Å². The molecule has 2 atom stereocenters. The van der Waals surface area contributed by atoms with Crippen molar-refractivity contribution in [3.8, 4) is 0 Å². The van der Waals surface area contributed by atoms with Crippen LogP contribution in [0.15, 0.2) is 0 Å². The van der Waals surface area contributed by atoms with Crippen molar-refractivity contribution in [2.45, 2.75) is 174 Å². The highest BCUT2D eigenvalue weighted by molar-refractivity contribution is 5.70. The third kappa shape index (κ3) is 26.7. The number of likely N-dealkylation sites (N-methyl/N-ethyl adjacent to an activating group) is 1. The van der Waals surface area contributed by atoms with Crippen LogP contribution in [-0.4, -0.2) is 75.5 Å². The molecular weight excluding hydrogens is 558 g/mol. The van der Waals surface area contributed by atoms with Crippen LogP contribution in [0.5, 0.6) is 0 Å². The topological polar surface area (TPSA) is 102 Å². The third-order valence-electron chi connectivity index (χ3n) is 8.24. The van der Waals surface area contributed by atoms with Crippen LogP contribution in [0.25, 0.3) is 0 Å². The van der Waals surface area contributed by atoms with E-state index in [0.717, 1.165) is 44.9 Å². The quantitative estimate of drug-likeness (QED) is 0.0438. The van der Waals surface area contributed by atoms with Crippen LogP contribution < -0.4 is 5.11 Å². The van der Waals surface area contributed by atoms with Crippen LogP contribution in [-0.2, 0) is 28.6 Å². The second kappa shape index (κ2) is 28.8. The van der Waals surface area contributed by atoms with Gasteiger partial charge in [0.25, 0.3) is 0 Å². The highest BCUT2D eigenvalue weighted by atomic mass is 16.6. The second-order valence-electron chi connectivity index (χ2n) is 13.5. The first kappa shape index (κ1) is 42.3. The SMILES string of the molecule is CCCCCCCCCCCCCCCCCCC(=O)OC(COCCC(C(=O)[O-])[N+](C)(C)C)COC(=O)CCCCCC. The Kier molecular flexibility index (Phi) is 27.7. The Morgan fingerprint density at radius 3 is 1.43 bits per heavy atom. The number of carbonyl (C=O) groups excluding carboxylic acids is 3. The molecule has 0 saturated carbocycles. The summed E-state index contributed by atoms with van der Waals surface area (Å²) in [5, 5.41) is 11.5. The largest absolute Gasteiger partial charge is 0.544 e. The van der Waals surface area contributed by atoms with Crippen LogP contribution in [0.3, 0.4) is 0 Å². The van der Waals surface area contributed by atoms with Crippen molar-refractivity contribution in [2.24, 2.45) is 0 Å². The van der Waals surface area contributed by atoms with Gasteiger partial charge in [-0.05, 0) is 12.8 Å². The van der Waals surface area contributed by atoms with Gasteiger partial charge in [-0.15, -0.1) is 0 Å². The van der Waals surface area contributed by atoms with Crippen molar-refractivity contribution in [3.63, 3.8) is 0 Å². The Bertz CT molecular complexity index is 707. The first-order valence-electron chi connectivity index (χ1n) is 18.1. The number of carboxylic acids is 1. The Labute approximate surface area is 270 Å². The maximum atomic E-state index is 12.5. The number of rotatable bonds is 32. The molecule has 0 heterocycles. The van der Waals surface area contributed by atoms with Crippen LogP contribution in [0.2, 0.25) is 0 Å². The van der Waals surface area contributed by atoms with Crippen molar-refractivity contribution >= 4 is 17.9 Å². The van der Waals surface area contributed by atoms with Gasteiger partial charge in [0.2, 0.25) is 0 Å².